The Hall–Kier alpha value is -8.36. The summed E-state index contributed by atoms with van der Waals surface area (Å²) in [6.07, 6.45) is 6.78. The second kappa shape index (κ2) is 17.3. The Kier molecular flexibility index (Phi) is 11.0. The molecule has 5 heterocycles. The van der Waals surface area contributed by atoms with Gasteiger partial charge in [0.25, 0.3) is 5.89 Å². The highest BCUT2D eigenvalue weighted by molar-refractivity contribution is 5.99. The number of carbonyl (C=O) groups is 1. The molecule has 0 aliphatic rings. The van der Waals surface area contributed by atoms with Crippen molar-refractivity contribution in [3.63, 3.8) is 0 Å². The van der Waals surface area contributed by atoms with Crippen LogP contribution in [0.5, 0.6) is 0 Å². The van der Waals surface area contributed by atoms with Gasteiger partial charge in [-0.3, -0.25) is 9.36 Å². The number of aromatic carboxylic acids is 1. The molecule has 15 heteroatoms. The molecule has 0 unspecified atom stereocenters. The third-order valence-corrected chi connectivity index (χ3v) is 10.5. The van der Waals surface area contributed by atoms with Gasteiger partial charge in [0.2, 0.25) is 0 Å². The zero-order valence-electron chi connectivity index (χ0n) is 33.6. The summed E-state index contributed by atoms with van der Waals surface area (Å²) in [5.41, 5.74) is 9.58. The fraction of sp³-hybridized carbons (Fsp3) is 0.0625. The average Bonchev–Trinajstić information content (AvgIpc) is 4.05. The van der Waals surface area contributed by atoms with Gasteiger partial charge in [0.1, 0.15) is 18.5 Å². The number of hydrogen-bond acceptors (Lipinski definition) is 11. The van der Waals surface area contributed by atoms with E-state index in [9.17, 15) is 9.90 Å². The van der Waals surface area contributed by atoms with Crippen LogP contribution in [-0.2, 0) is 13.1 Å². The monoisotopic (exact) mass is 849 g/mol. The molecule has 2 N–H and O–H groups in total. The molecule has 6 aromatic carbocycles. The highest BCUT2D eigenvalue weighted by Gasteiger charge is 2.14. The number of anilines is 2. The second-order valence-corrected chi connectivity index (χ2v) is 14.6. The van der Waals surface area contributed by atoms with Gasteiger partial charge in [0, 0.05) is 38.4 Å². The quantitative estimate of drug-likeness (QED) is 0.141. The van der Waals surface area contributed by atoms with Gasteiger partial charge in [-0.15, -0.1) is 12.4 Å². The van der Waals surface area contributed by atoms with Crippen LogP contribution in [0.3, 0.4) is 0 Å². The van der Waals surface area contributed by atoms with Crippen LogP contribution in [0.25, 0.3) is 66.3 Å². The lowest BCUT2D eigenvalue weighted by Gasteiger charge is -2.10. The van der Waals surface area contributed by atoms with Crippen LogP contribution in [0.1, 0.15) is 27.3 Å². The van der Waals surface area contributed by atoms with Crippen LogP contribution in [-0.4, -0.2) is 60.7 Å². The molecular formula is C48H36ClN11O3. The summed E-state index contributed by atoms with van der Waals surface area (Å²) in [5, 5.41) is 29.4. The Labute approximate surface area is 365 Å². The zero-order valence-corrected chi connectivity index (χ0v) is 34.4. The van der Waals surface area contributed by atoms with Crippen LogP contribution >= 0.6 is 12.4 Å². The van der Waals surface area contributed by atoms with E-state index >= 15 is 0 Å². The minimum atomic E-state index is -0.973. The number of fused-ring (bicyclic) bond motifs is 4. The van der Waals surface area contributed by atoms with Gasteiger partial charge in [0.05, 0.1) is 58.8 Å². The maximum atomic E-state index is 11.4. The van der Waals surface area contributed by atoms with E-state index in [0.29, 0.717) is 40.7 Å². The minimum absolute atomic E-state index is 0. The van der Waals surface area contributed by atoms with Crippen molar-refractivity contribution < 1.29 is 14.4 Å². The molecular weight excluding hydrogens is 814 g/mol. The number of carboxylic acids is 1. The first kappa shape index (κ1) is 40.1. The standard InChI is InChI=1S/C25H19N7O.C23H16N4O2.ClH/c1-16-29-25(33-31-16)18-7-9-22-21(12-18)24(27-15-26-22)30-20-8-10-23-19(11-20)13-28-32(23)14-17-5-3-2-4-6-17;28-23(29)17-6-8-20-19(11-17)22(25-14-24-20)16-7-9-21-18(10-16)12-26-27(21)13-15-4-2-1-3-5-15;/h2-13,15H,14H2,1H3,(H,26,27,30);1-12,14H,13H2,(H,28,29);1H. The number of nitrogens with one attached hydrogen (secondary N) is 1. The molecule has 11 rings (SSSR count). The first-order chi connectivity index (χ1) is 30.4. The van der Waals surface area contributed by atoms with Crippen molar-refractivity contribution in [2.45, 2.75) is 20.0 Å². The van der Waals surface area contributed by atoms with Crippen molar-refractivity contribution in [1.29, 1.82) is 0 Å². The topological polar surface area (TPSA) is 175 Å². The number of aryl methyl sites for hydroxylation is 1. The van der Waals surface area contributed by atoms with E-state index in [4.69, 9.17) is 4.52 Å². The Morgan fingerprint density at radius 3 is 1.94 bits per heavy atom. The van der Waals surface area contributed by atoms with Crippen LogP contribution in [0.4, 0.5) is 11.5 Å². The Morgan fingerprint density at radius 1 is 0.651 bits per heavy atom. The summed E-state index contributed by atoms with van der Waals surface area (Å²) in [5.74, 6) is 0.791. The fourth-order valence-electron chi connectivity index (χ4n) is 7.42. The lowest BCUT2D eigenvalue weighted by molar-refractivity contribution is 0.0697. The number of rotatable bonds is 9. The smallest absolute Gasteiger partial charge is 0.335 e. The molecule has 0 atom stereocenters. The van der Waals surface area contributed by atoms with E-state index in [1.54, 1.807) is 31.5 Å². The van der Waals surface area contributed by atoms with Crippen LogP contribution in [0.15, 0.2) is 163 Å². The lowest BCUT2D eigenvalue weighted by Crippen LogP contribution is -2.01. The number of benzene rings is 6. The SMILES string of the molecule is Cc1noc(-c2ccc3ncnc(Nc4ccc5c(cnn5Cc5ccccc5)c4)c3c2)n1.Cl.O=C(O)c1ccc2ncnc(-c3ccc4c(cnn4Cc4ccccc4)c3)c2c1. The van der Waals surface area contributed by atoms with Crippen LogP contribution in [0, 0.1) is 6.92 Å². The minimum Gasteiger partial charge on any atom is -0.478 e. The van der Waals surface area contributed by atoms with E-state index in [1.165, 1.54) is 17.5 Å². The number of carboxylic acid groups (broad SMARTS) is 1. The van der Waals surface area contributed by atoms with E-state index in [0.717, 1.165) is 56.1 Å². The van der Waals surface area contributed by atoms with Gasteiger partial charge in [0.15, 0.2) is 5.82 Å². The van der Waals surface area contributed by atoms with Crippen LogP contribution in [0.2, 0.25) is 0 Å². The normalized spacial score (nSPS) is 11.1. The summed E-state index contributed by atoms with van der Waals surface area (Å²) in [6.45, 7) is 3.22. The third kappa shape index (κ3) is 8.38. The fourth-order valence-corrected chi connectivity index (χ4v) is 7.42. The molecule has 11 aromatic rings. The van der Waals surface area contributed by atoms with Crippen molar-refractivity contribution in [3.8, 4) is 22.7 Å². The van der Waals surface area contributed by atoms with E-state index in [2.05, 4.69) is 82.0 Å². The van der Waals surface area contributed by atoms with E-state index < -0.39 is 5.97 Å². The van der Waals surface area contributed by atoms with Gasteiger partial charge >= 0.3 is 5.97 Å². The summed E-state index contributed by atoms with van der Waals surface area (Å²) < 4.78 is 9.29. The molecule has 14 nitrogen and oxygen atoms in total. The van der Waals surface area contributed by atoms with Crippen molar-refractivity contribution in [3.05, 3.63) is 181 Å². The number of nitrogens with zero attached hydrogens (tertiary/aromatic N) is 10. The maximum absolute atomic E-state index is 11.4. The van der Waals surface area contributed by atoms with Crippen molar-refractivity contribution in [2.75, 3.05) is 5.32 Å². The van der Waals surface area contributed by atoms with Gasteiger partial charge in [-0.25, -0.2) is 24.7 Å². The van der Waals surface area contributed by atoms with Gasteiger partial charge in [-0.05, 0) is 84.8 Å². The summed E-state index contributed by atoms with van der Waals surface area (Å²) >= 11 is 0. The predicted molar refractivity (Wildman–Crippen MR) is 244 cm³/mol. The molecule has 0 aliphatic heterocycles. The first-order valence-corrected chi connectivity index (χ1v) is 19.7. The van der Waals surface area contributed by atoms with E-state index in [-0.39, 0.29) is 18.0 Å². The molecule has 0 saturated carbocycles. The molecule has 0 amide bonds. The Balaban J connectivity index is 0.000000159. The van der Waals surface area contributed by atoms with Crippen molar-refractivity contribution in [2.24, 2.45) is 0 Å². The predicted octanol–water partition coefficient (Wildman–Crippen LogP) is 9.94. The Bertz CT molecular complexity index is 3410. The molecule has 0 fully saturated rings. The van der Waals surface area contributed by atoms with Crippen LogP contribution < -0.4 is 5.32 Å². The number of aromatic nitrogens is 10. The summed E-state index contributed by atoms with van der Waals surface area (Å²) in [7, 11) is 0. The van der Waals surface area contributed by atoms with Gasteiger partial charge in [-0.2, -0.15) is 15.2 Å². The first-order valence-electron chi connectivity index (χ1n) is 19.7. The second-order valence-electron chi connectivity index (χ2n) is 14.6. The highest BCUT2D eigenvalue weighted by atomic mass is 35.5. The molecule has 308 valence electrons. The lowest BCUT2D eigenvalue weighted by atomic mass is 10.0. The molecule has 63 heavy (non-hydrogen) atoms. The molecule has 0 spiro atoms. The van der Waals surface area contributed by atoms with Gasteiger partial charge in [-0.1, -0.05) is 71.9 Å². The molecule has 5 aromatic heterocycles. The molecule has 0 saturated heterocycles. The zero-order chi connectivity index (χ0) is 42.0. The average molecular weight is 850 g/mol. The Morgan fingerprint density at radius 2 is 1.27 bits per heavy atom. The summed E-state index contributed by atoms with van der Waals surface area (Å²) in [4.78, 5) is 33.2. The van der Waals surface area contributed by atoms with E-state index in [1.807, 2.05) is 101 Å². The maximum Gasteiger partial charge on any atom is 0.335 e. The molecule has 0 radical (unpaired) electrons. The van der Waals surface area contributed by atoms with Gasteiger partial charge < -0.3 is 14.9 Å². The third-order valence-electron chi connectivity index (χ3n) is 10.5. The molecule has 0 bridgehead atoms. The van der Waals surface area contributed by atoms with Crippen molar-refractivity contribution in [1.82, 2.24) is 49.6 Å². The largest absolute Gasteiger partial charge is 0.478 e. The number of halogens is 1. The molecule has 0 aliphatic carbocycles. The highest BCUT2D eigenvalue weighted by Crippen LogP contribution is 2.31. The number of hydrogen-bond donors (Lipinski definition) is 2. The van der Waals surface area contributed by atoms with Crippen molar-refractivity contribution >= 4 is 73.5 Å². The summed E-state index contributed by atoms with van der Waals surface area (Å²) in [6, 6.07) is 43.4.